The number of phenols is 1. The van der Waals surface area contributed by atoms with Gasteiger partial charge in [-0.15, -0.1) is 0 Å². The van der Waals surface area contributed by atoms with E-state index < -0.39 is 36.0 Å². The van der Waals surface area contributed by atoms with Crippen molar-refractivity contribution in [3.63, 3.8) is 0 Å². The zero-order chi connectivity index (χ0) is 14.9. The number of hydrogen-bond donors (Lipinski definition) is 1. The zero-order valence-electron chi connectivity index (χ0n) is 9.89. The van der Waals surface area contributed by atoms with E-state index in [1.54, 1.807) is 0 Å². The van der Waals surface area contributed by atoms with E-state index >= 15 is 0 Å². The lowest BCUT2D eigenvalue weighted by Crippen LogP contribution is -2.08. The molecule has 0 radical (unpaired) electrons. The summed E-state index contributed by atoms with van der Waals surface area (Å²) in [6.45, 7) is 0. The van der Waals surface area contributed by atoms with Crippen molar-refractivity contribution in [2.45, 2.75) is 9.79 Å². The van der Waals surface area contributed by atoms with E-state index in [0.717, 1.165) is 30.3 Å². The van der Waals surface area contributed by atoms with E-state index in [2.05, 4.69) is 0 Å². The van der Waals surface area contributed by atoms with Crippen molar-refractivity contribution < 1.29 is 23.6 Å². The SMILES string of the molecule is O=[N+]([O-])c1ccccc1S(=O)(=O)c1ccc(O)cc1[O-]. The number of nitrogens with zero attached hydrogens (tertiary/aromatic N) is 1. The van der Waals surface area contributed by atoms with Crippen LogP contribution in [0.15, 0.2) is 52.3 Å². The largest absolute Gasteiger partial charge is 0.871 e. The first-order chi connectivity index (χ1) is 9.34. The molecule has 0 amide bonds. The molecule has 0 aliphatic heterocycles. The van der Waals surface area contributed by atoms with E-state index in [-0.39, 0.29) is 5.75 Å². The van der Waals surface area contributed by atoms with Gasteiger partial charge in [0.25, 0.3) is 5.69 Å². The number of hydrogen-bond acceptors (Lipinski definition) is 6. The molecule has 104 valence electrons. The van der Waals surface area contributed by atoms with Crippen molar-refractivity contribution in [2.24, 2.45) is 0 Å². The Hall–Kier alpha value is -2.61. The lowest BCUT2D eigenvalue weighted by molar-refractivity contribution is -0.387. The smallest absolute Gasteiger partial charge is 0.288 e. The van der Waals surface area contributed by atoms with Crippen LogP contribution in [0, 0.1) is 10.1 Å². The minimum absolute atomic E-state index is 0.378. The lowest BCUT2D eigenvalue weighted by atomic mass is 10.3. The van der Waals surface area contributed by atoms with E-state index in [0.29, 0.717) is 0 Å². The van der Waals surface area contributed by atoms with Gasteiger partial charge in [0.05, 0.1) is 9.82 Å². The van der Waals surface area contributed by atoms with Gasteiger partial charge < -0.3 is 10.2 Å². The molecule has 20 heavy (non-hydrogen) atoms. The van der Waals surface area contributed by atoms with Crippen LogP contribution in [-0.2, 0) is 9.84 Å². The van der Waals surface area contributed by atoms with Crippen LogP contribution in [0.5, 0.6) is 11.5 Å². The predicted octanol–water partition coefficient (Wildman–Crippen LogP) is 1.21. The maximum atomic E-state index is 12.3. The van der Waals surface area contributed by atoms with Crippen molar-refractivity contribution in [3.8, 4) is 11.5 Å². The summed E-state index contributed by atoms with van der Waals surface area (Å²) in [5.74, 6) is -1.31. The van der Waals surface area contributed by atoms with E-state index in [1.165, 1.54) is 12.1 Å². The maximum absolute atomic E-state index is 12.3. The predicted molar refractivity (Wildman–Crippen MR) is 66.1 cm³/mol. The second-order valence-corrected chi connectivity index (χ2v) is 5.75. The third kappa shape index (κ3) is 2.28. The van der Waals surface area contributed by atoms with Gasteiger partial charge in [-0.05, 0) is 24.3 Å². The van der Waals surface area contributed by atoms with Gasteiger partial charge in [0.2, 0.25) is 9.84 Å². The molecule has 0 aliphatic rings. The van der Waals surface area contributed by atoms with Gasteiger partial charge in [-0.1, -0.05) is 17.9 Å². The Morgan fingerprint density at radius 1 is 1.05 bits per heavy atom. The maximum Gasteiger partial charge on any atom is 0.288 e. The summed E-state index contributed by atoms with van der Waals surface area (Å²) in [6.07, 6.45) is 0. The Morgan fingerprint density at radius 3 is 2.30 bits per heavy atom. The fourth-order valence-corrected chi connectivity index (χ4v) is 3.16. The Morgan fingerprint density at radius 2 is 1.70 bits per heavy atom. The first-order valence-electron chi connectivity index (χ1n) is 5.32. The summed E-state index contributed by atoms with van der Waals surface area (Å²) >= 11 is 0. The number of para-hydroxylation sites is 1. The molecule has 0 saturated carbocycles. The fourth-order valence-electron chi connectivity index (χ4n) is 1.67. The van der Waals surface area contributed by atoms with Crippen LogP contribution in [0.4, 0.5) is 5.69 Å². The fraction of sp³-hybridized carbons (Fsp3) is 0. The normalized spacial score (nSPS) is 11.2. The molecule has 0 fully saturated rings. The van der Waals surface area contributed by atoms with Crippen molar-refractivity contribution >= 4 is 15.5 Å². The highest BCUT2D eigenvalue weighted by Crippen LogP contribution is 2.33. The number of nitro benzene ring substituents is 1. The average molecular weight is 294 g/mol. The van der Waals surface area contributed by atoms with Crippen LogP contribution in [0.25, 0.3) is 0 Å². The Labute approximate surface area is 113 Å². The molecular weight excluding hydrogens is 286 g/mol. The minimum atomic E-state index is -4.33. The van der Waals surface area contributed by atoms with E-state index in [1.807, 2.05) is 0 Å². The van der Waals surface area contributed by atoms with Crippen LogP contribution in [0.2, 0.25) is 0 Å². The second-order valence-electron chi connectivity index (χ2n) is 3.86. The van der Waals surface area contributed by atoms with Gasteiger partial charge in [0.1, 0.15) is 10.6 Å². The first kappa shape index (κ1) is 13.8. The summed E-state index contributed by atoms with van der Waals surface area (Å²) in [6, 6.07) is 7.43. The molecule has 0 unspecified atom stereocenters. The Kier molecular flexibility index (Phi) is 3.33. The number of nitro groups is 1. The van der Waals surface area contributed by atoms with Crippen LogP contribution in [0.3, 0.4) is 0 Å². The molecular formula is C12H8NO6S-. The monoisotopic (exact) mass is 294 g/mol. The molecule has 0 bridgehead atoms. The van der Waals surface area contributed by atoms with Gasteiger partial charge in [-0.25, -0.2) is 8.42 Å². The highest BCUT2D eigenvalue weighted by molar-refractivity contribution is 7.91. The van der Waals surface area contributed by atoms with Gasteiger partial charge in [-0.2, -0.15) is 0 Å². The first-order valence-corrected chi connectivity index (χ1v) is 6.81. The summed E-state index contributed by atoms with van der Waals surface area (Å²) < 4.78 is 24.6. The standard InChI is InChI=1S/C12H9NO6S/c14-8-5-6-12(10(15)7-8)20(18,19)11-4-2-1-3-9(11)13(16)17/h1-7,14-15H/p-1. The molecule has 7 nitrogen and oxygen atoms in total. The summed E-state index contributed by atoms with van der Waals surface area (Å²) in [7, 11) is -4.33. The number of rotatable bonds is 3. The minimum Gasteiger partial charge on any atom is -0.871 e. The molecule has 0 heterocycles. The van der Waals surface area contributed by atoms with E-state index in [9.17, 15) is 23.6 Å². The number of phenolic OH excluding ortho intramolecular Hbond substituents is 1. The quantitative estimate of drug-likeness (QED) is 0.670. The van der Waals surface area contributed by atoms with Crippen LogP contribution in [0.1, 0.15) is 0 Å². The van der Waals surface area contributed by atoms with Crippen molar-refractivity contribution in [2.75, 3.05) is 0 Å². The zero-order valence-corrected chi connectivity index (χ0v) is 10.7. The van der Waals surface area contributed by atoms with Crippen LogP contribution < -0.4 is 5.11 Å². The van der Waals surface area contributed by atoms with E-state index in [4.69, 9.17) is 5.11 Å². The van der Waals surface area contributed by atoms with Gasteiger partial charge >= 0.3 is 0 Å². The Balaban J connectivity index is 2.71. The molecule has 8 heteroatoms. The molecule has 0 atom stereocenters. The summed E-state index contributed by atoms with van der Waals surface area (Å²) in [5, 5.41) is 31.6. The molecule has 0 spiro atoms. The van der Waals surface area contributed by atoms with Crippen molar-refractivity contribution in [1.29, 1.82) is 0 Å². The number of benzene rings is 2. The lowest BCUT2D eigenvalue weighted by Gasteiger charge is -2.14. The van der Waals surface area contributed by atoms with Crippen molar-refractivity contribution in [3.05, 3.63) is 52.6 Å². The summed E-state index contributed by atoms with van der Waals surface area (Å²) in [4.78, 5) is 8.84. The average Bonchev–Trinajstić information content (AvgIpc) is 2.38. The van der Waals surface area contributed by atoms with Gasteiger partial charge in [-0.3, -0.25) is 10.1 Å². The highest BCUT2D eigenvalue weighted by Gasteiger charge is 2.27. The summed E-state index contributed by atoms with van der Waals surface area (Å²) in [5.41, 5.74) is -0.611. The molecule has 0 aliphatic carbocycles. The molecule has 2 aromatic carbocycles. The highest BCUT2D eigenvalue weighted by atomic mass is 32.2. The van der Waals surface area contributed by atoms with Gasteiger partial charge in [0, 0.05) is 6.07 Å². The van der Waals surface area contributed by atoms with Crippen LogP contribution in [-0.4, -0.2) is 18.4 Å². The number of sulfone groups is 1. The number of aromatic hydroxyl groups is 1. The van der Waals surface area contributed by atoms with Crippen LogP contribution >= 0.6 is 0 Å². The third-order valence-corrected chi connectivity index (χ3v) is 4.41. The molecule has 0 saturated heterocycles. The van der Waals surface area contributed by atoms with Crippen molar-refractivity contribution in [1.82, 2.24) is 0 Å². The second kappa shape index (κ2) is 4.82. The molecule has 1 N–H and O–H groups in total. The van der Waals surface area contributed by atoms with Gasteiger partial charge in [0.15, 0.2) is 0 Å². The Bertz CT molecular complexity index is 784. The third-order valence-electron chi connectivity index (χ3n) is 2.57. The molecule has 0 aromatic heterocycles. The molecule has 2 rings (SSSR count). The topological polar surface area (TPSA) is 121 Å². The molecule has 2 aromatic rings.